The maximum Gasteiger partial charge on any atom is 0.226 e. The third-order valence-electron chi connectivity index (χ3n) is 6.73. The van der Waals surface area contributed by atoms with Gasteiger partial charge >= 0.3 is 0 Å². The van der Waals surface area contributed by atoms with Gasteiger partial charge in [-0.2, -0.15) is 4.52 Å². The number of hydrogen-bond donors (Lipinski definition) is 1. The van der Waals surface area contributed by atoms with E-state index in [1.54, 1.807) is 24.8 Å². The smallest absolute Gasteiger partial charge is 0.226 e. The molecule has 1 aliphatic carbocycles. The first-order valence-electron chi connectivity index (χ1n) is 12.1. The first-order valence-corrected chi connectivity index (χ1v) is 12.1. The van der Waals surface area contributed by atoms with Crippen LogP contribution < -0.4 is 14.8 Å². The molecule has 7 nitrogen and oxygen atoms in total. The van der Waals surface area contributed by atoms with E-state index in [1.807, 2.05) is 31.2 Å². The van der Waals surface area contributed by atoms with Gasteiger partial charge in [-0.3, -0.25) is 0 Å². The molecule has 1 aliphatic rings. The van der Waals surface area contributed by atoms with Crippen LogP contribution in [0.5, 0.6) is 11.5 Å². The third-order valence-corrected chi connectivity index (χ3v) is 6.73. The third kappa shape index (κ3) is 4.65. The maximum atomic E-state index is 14.1. The van der Waals surface area contributed by atoms with Gasteiger partial charge < -0.3 is 14.8 Å². The van der Waals surface area contributed by atoms with Crippen molar-refractivity contribution in [2.75, 3.05) is 19.5 Å². The average molecular weight is 476 g/mol. The lowest BCUT2D eigenvalue weighted by molar-refractivity contribution is 0.391. The van der Waals surface area contributed by atoms with Crippen LogP contribution in [-0.2, 0) is 6.54 Å². The van der Waals surface area contributed by atoms with Crippen molar-refractivity contribution in [1.82, 2.24) is 19.6 Å². The molecule has 0 aliphatic heterocycles. The summed E-state index contributed by atoms with van der Waals surface area (Å²) in [6, 6.07) is 12.2. The highest BCUT2D eigenvalue weighted by molar-refractivity contribution is 5.71. The summed E-state index contributed by atoms with van der Waals surface area (Å²) in [6.45, 7) is 2.43. The van der Waals surface area contributed by atoms with Crippen LogP contribution in [0.15, 0.2) is 42.5 Å². The summed E-state index contributed by atoms with van der Waals surface area (Å²) in [5.74, 6) is 2.91. The van der Waals surface area contributed by atoms with E-state index in [-0.39, 0.29) is 5.82 Å². The minimum Gasteiger partial charge on any atom is -0.497 e. The lowest BCUT2D eigenvalue weighted by Gasteiger charge is -2.18. The largest absolute Gasteiger partial charge is 0.497 e. The fourth-order valence-electron chi connectivity index (χ4n) is 4.80. The number of benzene rings is 2. The van der Waals surface area contributed by atoms with E-state index in [9.17, 15) is 4.39 Å². The van der Waals surface area contributed by atoms with Gasteiger partial charge in [0.15, 0.2) is 11.5 Å². The van der Waals surface area contributed by atoms with Crippen molar-refractivity contribution in [3.63, 3.8) is 0 Å². The number of fused-ring (bicyclic) bond motifs is 1. The molecule has 1 N–H and O–H groups in total. The Balaban J connectivity index is 1.58. The molecule has 0 amide bonds. The molecule has 0 atom stereocenters. The molecule has 1 fully saturated rings. The normalized spacial score (nSPS) is 14.3. The second-order valence-corrected chi connectivity index (χ2v) is 8.99. The number of nitrogens with zero attached hydrogens (tertiary/aromatic N) is 4. The zero-order valence-corrected chi connectivity index (χ0v) is 20.3. The Bertz CT molecular complexity index is 1350. The van der Waals surface area contributed by atoms with E-state index in [4.69, 9.17) is 24.5 Å². The van der Waals surface area contributed by atoms with Crippen molar-refractivity contribution < 1.29 is 13.9 Å². The molecule has 0 saturated heterocycles. The van der Waals surface area contributed by atoms with Crippen LogP contribution in [0.25, 0.3) is 16.9 Å². The lowest BCUT2D eigenvalue weighted by Crippen LogP contribution is -2.11. The second-order valence-electron chi connectivity index (χ2n) is 8.99. The second kappa shape index (κ2) is 9.90. The van der Waals surface area contributed by atoms with Crippen molar-refractivity contribution in [2.24, 2.45) is 0 Å². The average Bonchev–Trinajstić information content (AvgIpc) is 3.35. The number of rotatable bonds is 7. The number of halogens is 1. The fourth-order valence-corrected chi connectivity index (χ4v) is 4.80. The Kier molecular flexibility index (Phi) is 6.53. The summed E-state index contributed by atoms with van der Waals surface area (Å²) < 4.78 is 26.7. The molecule has 2 heterocycles. The predicted octanol–water partition coefficient (Wildman–Crippen LogP) is 5.92. The Morgan fingerprint density at radius 1 is 1.03 bits per heavy atom. The van der Waals surface area contributed by atoms with E-state index in [0.29, 0.717) is 35.4 Å². The van der Waals surface area contributed by atoms with Crippen molar-refractivity contribution in [2.45, 2.75) is 51.5 Å². The van der Waals surface area contributed by atoms with Crippen LogP contribution in [0, 0.1) is 12.7 Å². The van der Waals surface area contributed by atoms with Gasteiger partial charge in [-0.15, -0.1) is 5.10 Å². The highest BCUT2D eigenvalue weighted by atomic mass is 19.1. The molecule has 0 bridgehead atoms. The van der Waals surface area contributed by atoms with E-state index in [0.717, 1.165) is 41.2 Å². The zero-order chi connectivity index (χ0) is 24.4. The minimum atomic E-state index is -0.301. The minimum absolute atomic E-state index is 0.301. The Hall–Kier alpha value is -3.68. The van der Waals surface area contributed by atoms with Crippen LogP contribution in [-0.4, -0.2) is 33.8 Å². The SMILES string of the molecule is COc1ccc(CNc2nc(-c3cccc(F)c3)c(C)c3nc(C4CCCCC4)nn23)c(OC)c1. The number of hydrogen-bond acceptors (Lipinski definition) is 6. The van der Waals surface area contributed by atoms with Crippen LogP contribution >= 0.6 is 0 Å². The topological polar surface area (TPSA) is 73.6 Å². The van der Waals surface area contributed by atoms with Crippen molar-refractivity contribution in [1.29, 1.82) is 0 Å². The maximum absolute atomic E-state index is 14.1. The van der Waals surface area contributed by atoms with Gasteiger partial charge in [-0.05, 0) is 44.0 Å². The summed E-state index contributed by atoms with van der Waals surface area (Å²) in [5, 5.41) is 8.31. The molecule has 4 aromatic rings. The first kappa shape index (κ1) is 23.1. The summed E-state index contributed by atoms with van der Waals surface area (Å²) in [5.41, 5.74) is 3.95. The molecule has 1 saturated carbocycles. The number of ether oxygens (including phenoxy) is 2. The van der Waals surface area contributed by atoms with Crippen molar-refractivity contribution in [3.8, 4) is 22.8 Å². The number of methoxy groups -OCH3 is 2. The first-order chi connectivity index (χ1) is 17.1. The molecule has 0 radical (unpaired) electrons. The van der Waals surface area contributed by atoms with Crippen LogP contribution in [0.1, 0.15) is 55.0 Å². The van der Waals surface area contributed by atoms with Crippen LogP contribution in [0.2, 0.25) is 0 Å². The molecular weight excluding hydrogens is 445 g/mol. The summed E-state index contributed by atoms with van der Waals surface area (Å²) in [7, 11) is 3.26. The fraction of sp³-hybridized carbons (Fsp3) is 0.370. The zero-order valence-electron chi connectivity index (χ0n) is 20.3. The predicted molar refractivity (Wildman–Crippen MR) is 134 cm³/mol. The molecule has 182 valence electrons. The van der Waals surface area contributed by atoms with E-state index >= 15 is 0 Å². The van der Waals surface area contributed by atoms with E-state index < -0.39 is 0 Å². The Morgan fingerprint density at radius 2 is 1.86 bits per heavy atom. The van der Waals surface area contributed by atoms with E-state index in [2.05, 4.69) is 5.32 Å². The van der Waals surface area contributed by atoms with Crippen molar-refractivity contribution in [3.05, 3.63) is 65.2 Å². The highest BCUT2D eigenvalue weighted by Gasteiger charge is 2.23. The Labute approximate surface area is 204 Å². The molecule has 0 spiro atoms. The quantitative estimate of drug-likeness (QED) is 0.358. The van der Waals surface area contributed by atoms with Crippen LogP contribution in [0.4, 0.5) is 10.3 Å². The molecular formula is C27H30FN5O2. The molecule has 0 unspecified atom stereocenters. The summed E-state index contributed by atoms with van der Waals surface area (Å²) >= 11 is 0. The number of aryl methyl sites for hydroxylation is 1. The van der Waals surface area contributed by atoms with Gasteiger partial charge in [0.25, 0.3) is 0 Å². The van der Waals surface area contributed by atoms with Gasteiger partial charge in [-0.25, -0.2) is 14.4 Å². The van der Waals surface area contributed by atoms with Gasteiger partial charge in [-0.1, -0.05) is 31.4 Å². The molecule has 35 heavy (non-hydrogen) atoms. The number of anilines is 1. The standard InChI is InChI=1S/C27H30FN5O2/c1-17-24(19-10-7-11-21(28)14-19)30-27(29-16-20-12-13-22(34-2)15-23(20)35-3)33-26(17)31-25(32-33)18-8-5-4-6-9-18/h7,10-15,18H,4-6,8-9,16H2,1-3H3,(H,29,30). The van der Waals surface area contributed by atoms with Crippen molar-refractivity contribution >= 4 is 11.6 Å². The molecule has 2 aromatic carbocycles. The lowest BCUT2D eigenvalue weighted by atomic mass is 9.89. The van der Waals surface area contributed by atoms with Crippen LogP contribution in [0.3, 0.4) is 0 Å². The van der Waals surface area contributed by atoms with Gasteiger partial charge in [0.05, 0.1) is 19.9 Å². The highest BCUT2D eigenvalue weighted by Crippen LogP contribution is 2.33. The Morgan fingerprint density at radius 3 is 2.60 bits per heavy atom. The van der Waals surface area contributed by atoms with E-state index in [1.165, 1.54) is 31.4 Å². The molecule has 2 aromatic heterocycles. The number of aromatic nitrogens is 4. The monoisotopic (exact) mass is 475 g/mol. The molecule has 5 rings (SSSR count). The number of nitrogens with one attached hydrogen (secondary N) is 1. The van der Waals surface area contributed by atoms with Gasteiger partial charge in [0, 0.05) is 35.2 Å². The van der Waals surface area contributed by atoms with Gasteiger partial charge in [0.2, 0.25) is 5.95 Å². The summed E-state index contributed by atoms with van der Waals surface area (Å²) in [4.78, 5) is 9.85. The summed E-state index contributed by atoms with van der Waals surface area (Å²) in [6.07, 6.45) is 5.88. The molecule has 8 heteroatoms. The van der Waals surface area contributed by atoms with Gasteiger partial charge in [0.1, 0.15) is 17.3 Å².